The van der Waals surface area contributed by atoms with E-state index in [1.807, 2.05) is 6.07 Å². The summed E-state index contributed by atoms with van der Waals surface area (Å²) < 4.78 is 28.6. The molecule has 1 amide bonds. The van der Waals surface area contributed by atoms with Crippen LogP contribution in [0.25, 0.3) is 0 Å². The van der Waals surface area contributed by atoms with E-state index in [1.54, 1.807) is 12.1 Å². The second-order valence-corrected chi connectivity index (χ2v) is 6.97. The van der Waals surface area contributed by atoms with Gasteiger partial charge in [-0.25, -0.2) is 8.78 Å². The van der Waals surface area contributed by atoms with Crippen molar-refractivity contribution in [3.63, 3.8) is 0 Å². The van der Waals surface area contributed by atoms with Crippen molar-refractivity contribution in [3.8, 4) is 0 Å². The molecule has 3 nitrogen and oxygen atoms in total. The number of fused-ring (bicyclic) bond motifs is 1. The monoisotopic (exact) mass is 398 g/mol. The van der Waals surface area contributed by atoms with Gasteiger partial charge in [0.25, 0.3) is 0 Å². The quantitative estimate of drug-likeness (QED) is 0.802. The predicted molar refractivity (Wildman–Crippen MR) is 99.9 cm³/mol. The minimum atomic E-state index is -0.403. The third-order valence-electron chi connectivity index (χ3n) is 4.96. The molecule has 1 heterocycles. The molecule has 2 aromatic rings. The first-order chi connectivity index (χ1) is 12.1. The summed E-state index contributed by atoms with van der Waals surface area (Å²) in [5.41, 5.74) is 2.14. The van der Waals surface area contributed by atoms with E-state index >= 15 is 0 Å². The second-order valence-electron chi connectivity index (χ2n) is 6.56. The highest BCUT2D eigenvalue weighted by Crippen LogP contribution is 2.51. The molecule has 1 aliphatic carbocycles. The molecule has 7 heteroatoms. The van der Waals surface area contributed by atoms with Crippen molar-refractivity contribution in [2.24, 2.45) is 5.92 Å². The molecule has 0 aromatic heterocycles. The zero-order valence-electron chi connectivity index (χ0n) is 13.8. The fourth-order valence-electron chi connectivity index (χ4n) is 3.52. The summed E-state index contributed by atoms with van der Waals surface area (Å²) >= 11 is 6.06. The van der Waals surface area contributed by atoms with Crippen LogP contribution in [0.3, 0.4) is 0 Å². The Hall–Kier alpha value is -1.69. The number of hydrogen-bond donors (Lipinski definition) is 2. The Labute approximate surface area is 161 Å². The molecule has 2 unspecified atom stereocenters. The summed E-state index contributed by atoms with van der Waals surface area (Å²) in [6, 6.07) is 7.91. The highest BCUT2D eigenvalue weighted by molar-refractivity contribution is 6.31. The zero-order chi connectivity index (χ0) is 17.6. The fraction of sp³-hybridized carbons (Fsp3) is 0.316. The zero-order valence-corrected chi connectivity index (χ0v) is 15.4. The van der Waals surface area contributed by atoms with Crippen LogP contribution in [0.5, 0.6) is 0 Å². The lowest BCUT2D eigenvalue weighted by atomic mass is 9.99. The highest BCUT2D eigenvalue weighted by atomic mass is 35.5. The Morgan fingerprint density at radius 2 is 2.04 bits per heavy atom. The topological polar surface area (TPSA) is 41.1 Å². The first-order valence-electron chi connectivity index (χ1n) is 8.32. The Morgan fingerprint density at radius 3 is 2.81 bits per heavy atom. The maximum atomic E-state index is 14.6. The Morgan fingerprint density at radius 1 is 1.23 bits per heavy atom. The molecule has 2 atom stereocenters. The summed E-state index contributed by atoms with van der Waals surface area (Å²) in [6.45, 7) is 1.36. The predicted octanol–water partition coefficient (Wildman–Crippen LogP) is 4.43. The molecule has 138 valence electrons. The molecular formula is C19H18Cl2F2N2O. The van der Waals surface area contributed by atoms with Crippen molar-refractivity contribution in [2.45, 2.75) is 25.3 Å². The number of amides is 1. The van der Waals surface area contributed by atoms with Crippen molar-refractivity contribution in [1.29, 1.82) is 0 Å². The van der Waals surface area contributed by atoms with E-state index in [0.717, 1.165) is 12.1 Å². The van der Waals surface area contributed by atoms with Crippen molar-refractivity contribution >= 4 is 35.6 Å². The van der Waals surface area contributed by atoms with Gasteiger partial charge in [-0.15, -0.1) is 12.4 Å². The maximum Gasteiger partial charge on any atom is 0.228 e. The molecule has 0 spiro atoms. The summed E-state index contributed by atoms with van der Waals surface area (Å²) in [5.74, 6) is -1.70. The third kappa shape index (κ3) is 3.43. The normalized spacial score (nSPS) is 20.7. The van der Waals surface area contributed by atoms with Crippen molar-refractivity contribution < 1.29 is 13.6 Å². The second kappa shape index (κ2) is 7.51. The number of carbonyl (C=O) groups excluding carboxylic acids is 1. The summed E-state index contributed by atoms with van der Waals surface area (Å²) in [6.07, 6.45) is 1.12. The van der Waals surface area contributed by atoms with E-state index < -0.39 is 5.82 Å². The smallest absolute Gasteiger partial charge is 0.228 e. The standard InChI is InChI=1S/C19H17ClF2N2O.ClH/c20-14-2-1-3-15(21)17(14)12-8-13(12)19(25)24-16-5-4-10-9-23-7-6-11(10)18(16)22;/h1-5,12-13,23H,6-9H2,(H,24,25);1H. The van der Waals surface area contributed by atoms with Gasteiger partial charge in [-0.1, -0.05) is 23.7 Å². The summed E-state index contributed by atoms with van der Waals surface area (Å²) in [4.78, 5) is 12.4. The lowest BCUT2D eigenvalue weighted by Gasteiger charge is -2.19. The lowest BCUT2D eigenvalue weighted by molar-refractivity contribution is -0.117. The number of carbonyl (C=O) groups is 1. The van der Waals surface area contributed by atoms with Gasteiger partial charge in [-0.05, 0) is 48.7 Å². The molecule has 1 saturated carbocycles. The van der Waals surface area contributed by atoms with Crippen molar-refractivity contribution in [1.82, 2.24) is 5.32 Å². The summed E-state index contributed by atoms with van der Waals surface area (Å²) in [7, 11) is 0. The molecular weight excluding hydrogens is 381 g/mol. The highest BCUT2D eigenvalue weighted by Gasteiger charge is 2.46. The SMILES string of the molecule is Cl.O=C(Nc1ccc2c(c1F)CCNC2)C1CC1c1c(F)cccc1Cl. The van der Waals surface area contributed by atoms with Crippen LogP contribution in [-0.2, 0) is 17.8 Å². The van der Waals surface area contributed by atoms with Gasteiger partial charge in [0.05, 0.1) is 5.69 Å². The van der Waals surface area contributed by atoms with Gasteiger partial charge in [-0.2, -0.15) is 0 Å². The Kier molecular flexibility index (Phi) is 5.51. The molecule has 0 bridgehead atoms. The molecule has 0 saturated heterocycles. The number of hydrogen-bond acceptors (Lipinski definition) is 2. The van der Waals surface area contributed by atoms with Gasteiger partial charge in [0.2, 0.25) is 5.91 Å². The van der Waals surface area contributed by atoms with Crippen LogP contribution in [-0.4, -0.2) is 12.5 Å². The van der Waals surface area contributed by atoms with Crippen molar-refractivity contribution in [3.05, 3.63) is 63.7 Å². The Balaban J connectivity index is 0.00000196. The average molecular weight is 399 g/mol. The van der Waals surface area contributed by atoms with E-state index in [2.05, 4.69) is 10.6 Å². The number of rotatable bonds is 3. The van der Waals surface area contributed by atoms with Crippen LogP contribution < -0.4 is 10.6 Å². The van der Waals surface area contributed by atoms with Crippen molar-refractivity contribution in [2.75, 3.05) is 11.9 Å². The molecule has 4 rings (SSSR count). The largest absolute Gasteiger partial charge is 0.323 e. The minimum Gasteiger partial charge on any atom is -0.323 e. The van der Waals surface area contributed by atoms with Gasteiger partial charge in [0.1, 0.15) is 11.6 Å². The maximum absolute atomic E-state index is 14.6. The molecule has 2 N–H and O–H groups in total. The first-order valence-corrected chi connectivity index (χ1v) is 8.70. The van der Waals surface area contributed by atoms with Crippen LogP contribution in [0.4, 0.5) is 14.5 Å². The van der Waals surface area contributed by atoms with Gasteiger partial charge in [0.15, 0.2) is 0 Å². The fourth-order valence-corrected chi connectivity index (χ4v) is 3.83. The first kappa shape index (κ1) is 19.1. The molecule has 2 aromatic carbocycles. The minimum absolute atomic E-state index is 0. The van der Waals surface area contributed by atoms with E-state index in [0.29, 0.717) is 35.5 Å². The Bertz CT molecular complexity index is 839. The number of nitrogens with one attached hydrogen (secondary N) is 2. The number of benzene rings is 2. The third-order valence-corrected chi connectivity index (χ3v) is 5.29. The summed E-state index contributed by atoms with van der Waals surface area (Å²) in [5, 5.41) is 6.18. The lowest BCUT2D eigenvalue weighted by Crippen LogP contribution is -2.25. The molecule has 26 heavy (non-hydrogen) atoms. The van der Waals surface area contributed by atoms with Gasteiger partial charge < -0.3 is 10.6 Å². The van der Waals surface area contributed by atoms with Gasteiger partial charge in [0, 0.05) is 29.0 Å². The molecule has 0 radical (unpaired) electrons. The number of halogens is 4. The molecule has 1 aliphatic heterocycles. The van der Waals surface area contributed by atoms with E-state index in [1.165, 1.54) is 12.1 Å². The van der Waals surface area contributed by atoms with Gasteiger partial charge >= 0.3 is 0 Å². The molecule has 1 fully saturated rings. The average Bonchev–Trinajstić information content (AvgIpc) is 3.38. The van der Waals surface area contributed by atoms with Crippen LogP contribution in [0.15, 0.2) is 30.3 Å². The van der Waals surface area contributed by atoms with E-state index in [4.69, 9.17) is 11.6 Å². The molecule has 2 aliphatic rings. The number of anilines is 1. The van der Waals surface area contributed by atoms with E-state index in [9.17, 15) is 13.6 Å². The van der Waals surface area contributed by atoms with Crippen LogP contribution in [0.2, 0.25) is 5.02 Å². The van der Waals surface area contributed by atoms with Crippen LogP contribution in [0.1, 0.15) is 29.0 Å². The van der Waals surface area contributed by atoms with Crippen LogP contribution in [0, 0.1) is 17.6 Å². The van der Waals surface area contributed by atoms with Crippen LogP contribution >= 0.6 is 24.0 Å². The van der Waals surface area contributed by atoms with Gasteiger partial charge in [-0.3, -0.25) is 4.79 Å². The van der Waals surface area contributed by atoms with E-state index in [-0.39, 0.29) is 41.7 Å².